The second-order valence-corrected chi connectivity index (χ2v) is 3.04. The van der Waals surface area contributed by atoms with Crippen molar-refractivity contribution in [1.29, 1.82) is 0 Å². The van der Waals surface area contributed by atoms with Gasteiger partial charge in [0.1, 0.15) is 11.6 Å². The summed E-state index contributed by atoms with van der Waals surface area (Å²) in [7, 11) is 0. The molecule has 0 aromatic rings. The van der Waals surface area contributed by atoms with Crippen LogP contribution in [0.3, 0.4) is 0 Å². The lowest BCUT2D eigenvalue weighted by Gasteiger charge is -2.18. The van der Waals surface area contributed by atoms with Crippen molar-refractivity contribution in [3.05, 3.63) is 24.3 Å². The Morgan fingerprint density at radius 1 is 0.917 bits per heavy atom. The fourth-order valence-electron chi connectivity index (χ4n) is 1.38. The molecule has 0 heterocycles. The zero-order valence-electron chi connectivity index (χ0n) is 7.28. The van der Waals surface area contributed by atoms with Crippen molar-refractivity contribution in [2.75, 3.05) is 0 Å². The predicted octanol–water partition coefficient (Wildman–Crippen LogP) is 1.52. The number of rotatable bonds is 2. The second-order valence-electron chi connectivity index (χ2n) is 3.04. The van der Waals surface area contributed by atoms with Crippen LogP contribution in [0.25, 0.3) is 0 Å². The summed E-state index contributed by atoms with van der Waals surface area (Å²) in [6.45, 7) is 3.04. The molecule has 1 aliphatic carbocycles. The first-order chi connectivity index (χ1) is 5.63. The molecule has 2 heteroatoms. The molecule has 12 heavy (non-hydrogen) atoms. The van der Waals surface area contributed by atoms with E-state index in [-0.39, 0.29) is 23.4 Å². The third-order valence-corrected chi connectivity index (χ3v) is 2.07. The van der Waals surface area contributed by atoms with Gasteiger partial charge in [0.15, 0.2) is 0 Å². The Morgan fingerprint density at radius 3 is 1.50 bits per heavy atom. The predicted molar refractivity (Wildman–Crippen MR) is 46.6 cm³/mol. The molecule has 0 fully saturated rings. The molecular weight excluding hydrogens is 152 g/mol. The third-order valence-electron chi connectivity index (χ3n) is 2.07. The highest BCUT2D eigenvalue weighted by Crippen LogP contribution is 2.21. The normalized spacial score (nSPS) is 27.2. The van der Waals surface area contributed by atoms with Gasteiger partial charge < -0.3 is 0 Å². The van der Waals surface area contributed by atoms with Gasteiger partial charge in [-0.1, -0.05) is 24.3 Å². The molecule has 1 aliphatic rings. The van der Waals surface area contributed by atoms with E-state index in [1.54, 1.807) is 12.2 Å². The third kappa shape index (κ3) is 1.70. The maximum atomic E-state index is 11.1. The fourth-order valence-corrected chi connectivity index (χ4v) is 1.38. The molecule has 64 valence electrons. The average Bonchev–Trinajstić information content (AvgIpc) is 2.04. The number of hydrogen-bond donors (Lipinski definition) is 0. The van der Waals surface area contributed by atoms with Crippen molar-refractivity contribution in [3.8, 4) is 0 Å². The highest BCUT2D eigenvalue weighted by atomic mass is 16.1. The lowest BCUT2D eigenvalue weighted by Crippen LogP contribution is -2.25. The number of carbonyl (C=O) groups excluding carboxylic acids is 2. The summed E-state index contributed by atoms with van der Waals surface area (Å²) in [5, 5.41) is 0. The van der Waals surface area contributed by atoms with E-state index < -0.39 is 0 Å². The van der Waals surface area contributed by atoms with Gasteiger partial charge in [-0.25, -0.2) is 0 Å². The van der Waals surface area contributed by atoms with Crippen LogP contribution in [0.15, 0.2) is 24.3 Å². The first-order valence-electron chi connectivity index (χ1n) is 3.99. The van der Waals surface area contributed by atoms with Crippen LogP contribution in [0, 0.1) is 11.8 Å². The van der Waals surface area contributed by atoms with Gasteiger partial charge in [0.25, 0.3) is 0 Å². The first kappa shape index (κ1) is 8.91. The highest BCUT2D eigenvalue weighted by Gasteiger charge is 2.25. The summed E-state index contributed by atoms with van der Waals surface area (Å²) in [5.41, 5.74) is 0. The molecule has 0 aromatic carbocycles. The maximum absolute atomic E-state index is 11.1. The van der Waals surface area contributed by atoms with Crippen molar-refractivity contribution in [2.45, 2.75) is 13.8 Å². The Labute approximate surface area is 72.0 Å². The Bertz CT molecular complexity index is 233. The van der Waals surface area contributed by atoms with Gasteiger partial charge in [-0.15, -0.1) is 0 Å². The lowest BCUT2D eigenvalue weighted by atomic mass is 9.83. The molecule has 2 unspecified atom stereocenters. The summed E-state index contributed by atoms with van der Waals surface area (Å²) in [5.74, 6) is -0.383. The summed E-state index contributed by atoms with van der Waals surface area (Å²) < 4.78 is 0. The van der Waals surface area contributed by atoms with Crippen molar-refractivity contribution in [1.82, 2.24) is 0 Å². The van der Waals surface area contributed by atoms with E-state index in [1.165, 1.54) is 13.8 Å². The van der Waals surface area contributed by atoms with Gasteiger partial charge in [0, 0.05) is 11.8 Å². The fraction of sp³-hybridized carbons (Fsp3) is 0.400. The van der Waals surface area contributed by atoms with Gasteiger partial charge in [-0.3, -0.25) is 9.59 Å². The summed E-state index contributed by atoms with van der Waals surface area (Å²) in [6, 6.07) is 0. The highest BCUT2D eigenvalue weighted by molar-refractivity contribution is 5.90. The molecule has 0 aromatic heterocycles. The number of carbonyl (C=O) groups is 2. The van der Waals surface area contributed by atoms with Crippen LogP contribution in [0.5, 0.6) is 0 Å². The number of ketones is 2. The summed E-state index contributed by atoms with van der Waals surface area (Å²) >= 11 is 0. The second kappa shape index (κ2) is 3.48. The van der Waals surface area contributed by atoms with E-state index in [1.807, 2.05) is 12.2 Å². The minimum atomic E-state index is -0.243. The van der Waals surface area contributed by atoms with E-state index in [9.17, 15) is 9.59 Å². The quantitative estimate of drug-likeness (QED) is 0.620. The first-order valence-corrected chi connectivity index (χ1v) is 3.99. The number of hydrogen-bond acceptors (Lipinski definition) is 2. The SMILES string of the molecule is CC(=O)C1C=CC=CC1C(C)=O. The standard InChI is InChI=1S/C10H12O2/c1-7(11)9-5-3-4-6-10(9)8(2)12/h3-6,9-10H,1-2H3. The van der Waals surface area contributed by atoms with Crippen LogP contribution in [0.1, 0.15) is 13.8 Å². The van der Waals surface area contributed by atoms with Crippen molar-refractivity contribution in [3.63, 3.8) is 0 Å². The van der Waals surface area contributed by atoms with Crippen LogP contribution in [0.2, 0.25) is 0 Å². The largest absolute Gasteiger partial charge is 0.299 e. The van der Waals surface area contributed by atoms with Gasteiger partial charge >= 0.3 is 0 Å². The summed E-state index contributed by atoms with van der Waals surface area (Å²) in [4.78, 5) is 22.2. The molecule has 2 atom stereocenters. The van der Waals surface area contributed by atoms with Crippen LogP contribution in [-0.2, 0) is 9.59 Å². The van der Waals surface area contributed by atoms with Gasteiger partial charge in [-0.05, 0) is 13.8 Å². The smallest absolute Gasteiger partial charge is 0.137 e. The molecule has 2 nitrogen and oxygen atoms in total. The van der Waals surface area contributed by atoms with Crippen molar-refractivity contribution >= 4 is 11.6 Å². The number of allylic oxidation sites excluding steroid dienone is 4. The maximum Gasteiger partial charge on any atom is 0.137 e. The molecule has 0 N–H and O–H groups in total. The Hall–Kier alpha value is -1.18. The molecule has 0 spiro atoms. The van der Waals surface area contributed by atoms with Crippen LogP contribution < -0.4 is 0 Å². The monoisotopic (exact) mass is 164 g/mol. The molecule has 1 rings (SSSR count). The molecule has 0 bridgehead atoms. The average molecular weight is 164 g/mol. The zero-order chi connectivity index (χ0) is 9.14. The minimum Gasteiger partial charge on any atom is -0.299 e. The Balaban J connectivity index is 2.85. The lowest BCUT2D eigenvalue weighted by molar-refractivity contribution is -0.127. The topological polar surface area (TPSA) is 34.1 Å². The van der Waals surface area contributed by atoms with Crippen molar-refractivity contribution < 1.29 is 9.59 Å². The van der Waals surface area contributed by atoms with Crippen LogP contribution in [0.4, 0.5) is 0 Å². The van der Waals surface area contributed by atoms with Crippen molar-refractivity contribution in [2.24, 2.45) is 11.8 Å². The van der Waals surface area contributed by atoms with Gasteiger partial charge in [0.2, 0.25) is 0 Å². The van der Waals surface area contributed by atoms with E-state index >= 15 is 0 Å². The number of Topliss-reactive ketones (excluding diaryl/α,β-unsaturated/α-hetero) is 2. The molecule has 0 radical (unpaired) electrons. The molecule has 0 saturated carbocycles. The summed E-state index contributed by atoms with van der Waals surface area (Å²) in [6.07, 6.45) is 7.19. The van der Waals surface area contributed by atoms with Crippen LogP contribution in [-0.4, -0.2) is 11.6 Å². The molecular formula is C10H12O2. The molecule has 0 saturated heterocycles. The van der Waals surface area contributed by atoms with Gasteiger partial charge in [-0.2, -0.15) is 0 Å². The Kier molecular flexibility index (Phi) is 2.58. The minimum absolute atomic E-state index is 0.0517. The van der Waals surface area contributed by atoms with E-state index in [0.29, 0.717) is 0 Å². The Morgan fingerprint density at radius 2 is 1.25 bits per heavy atom. The van der Waals surface area contributed by atoms with E-state index in [0.717, 1.165) is 0 Å². The van der Waals surface area contributed by atoms with E-state index in [4.69, 9.17) is 0 Å². The van der Waals surface area contributed by atoms with E-state index in [2.05, 4.69) is 0 Å². The zero-order valence-corrected chi connectivity index (χ0v) is 7.28. The van der Waals surface area contributed by atoms with Gasteiger partial charge in [0.05, 0.1) is 0 Å². The molecule has 0 aliphatic heterocycles. The molecule has 0 amide bonds. The van der Waals surface area contributed by atoms with Crippen LogP contribution >= 0.6 is 0 Å².